The Hall–Kier alpha value is 0.291. The molecule has 90 valence electrons. The zero-order chi connectivity index (χ0) is 12.4. The van der Waals surface area contributed by atoms with Crippen LogP contribution in [-0.2, 0) is 14.4 Å². The number of ketones is 2. The van der Waals surface area contributed by atoms with Crippen LogP contribution in [0.2, 0.25) is 0 Å². The van der Waals surface area contributed by atoms with Crippen LogP contribution in [0.25, 0.3) is 0 Å². The van der Waals surface area contributed by atoms with Gasteiger partial charge in [0, 0.05) is 5.41 Å². The predicted octanol–water partition coefficient (Wildman–Crippen LogP) is 1.52. The summed E-state index contributed by atoms with van der Waals surface area (Å²) in [5.41, 5.74) is -2.09. The second-order valence-electron chi connectivity index (χ2n) is 5.20. The molecule has 0 radical (unpaired) electrons. The van der Waals surface area contributed by atoms with E-state index in [2.05, 4.69) is 0 Å². The van der Waals surface area contributed by atoms with E-state index in [1.807, 2.05) is 0 Å². The summed E-state index contributed by atoms with van der Waals surface area (Å²) >= 11 is 0. The molecule has 0 bridgehead atoms. The molecule has 5 heteroatoms. The third-order valence-corrected chi connectivity index (χ3v) is 2.39. The van der Waals surface area contributed by atoms with Gasteiger partial charge in [0.1, 0.15) is 11.2 Å². The van der Waals surface area contributed by atoms with Crippen LogP contribution >= 0.6 is 0 Å². The van der Waals surface area contributed by atoms with Gasteiger partial charge in [-0.15, -0.1) is 0 Å². The van der Waals surface area contributed by atoms with E-state index in [1.54, 1.807) is 20.8 Å². The summed E-state index contributed by atoms with van der Waals surface area (Å²) in [5.74, 6) is -1.98. The monoisotopic (exact) mass is 304 g/mol. The van der Waals surface area contributed by atoms with Crippen LogP contribution in [0.1, 0.15) is 43.9 Å². The maximum absolute atomic E-state index is 11.6. The largest absolute Gasteiger partial charge is 2.00 e. The van der Waals surface area contributed by atoms with E-state index in [1.165, 1.54) is 13.8 Å². The van der Waals surface area contributed by atoms with Gasteiger partial charge >= 0.3 is 51.5 Å². The molecule has 0 aromatic heterocycles. The van der Waals surface area contributed by atoms with Crippen LogP contribution in [0.3, 0.4) is 0 Å². The Morgan fingerprint density at radius 3 is 1.62 bits per heavy atom. The third-order valence-electron chi connectivity index (χ3n) is 2.39. The van der Waals surface area contributed by atoms with E-state index in [-0.39, 0.29) is 60.5 Å². The minimum absolute atomic E-state index is 0. The van der Waals surface area contributed by atoms with Gasteiger partial charge < -0.3 is 7.96 Å². The van der Waals surface area contributed by atoms with Crippen molar-refractivity contribution < 1.29 is 22.3 Å². The molecule has 0 fully saturated rings. The van der Waals surface area contributed by atoms with E-state index in [9.17, 15) is 14.4 Å². The van der Waals surface area contributed by atoms with Crippen molar-refractivity contribution in [3.05, 3.63) is 0 Å². The molecule has 0 atom stereocenters. The Morgan fingerprint density at radius 2 is 1.38 bits per heavy atom. The first kappa shape index (κ1) is 18.7. The molecule has 16 heavy (non-hydrogen) atoms. The first-order valence-electron chi connectivity index (χ1n) is 4.79. The Kier molecular flexibility index (Phi) is 7.33. The molecule has 0 aliphatic carbocycles. The van der Waals surface area contributed by atoms with Gasteiger partial charge in [-0.05, 0) is 13.8 Å². The van der Waals surface area contributed by atoms with Crippen LogP contribution in [0, 0.1) is 10.8 Å². The van der Waals surface area contributed by atoms with Crippen molar-refractivity contribution in [2.75, 3.05) is 0 Å². The summed E-state index contributed by atoms with van der Waals surface area (Å²) in [7, 11) is 0. The number of carbonyl (C=O) groups is 3. The van der Waals surface area contributed by atoms with Crippen LogP contribution in [0.5, 0.6) is 0 Å². The molecule has 1 N–H and O–H groups in total. The molecular weight excluding hydrogens is 284 g/mol. The van der Waals surface area contributed by atoms with Crippen LogP contribution in [-0.4, -0.2) is 68.1 Å². The summed E-state index contributed by atoms with van der Waals surface area (Å²) in [6.07, 6.45) is -0.317. The third kappa shape index (κ3) is 5.08. The van der Waals surface area contributed by atoms with E-state index >= 15 is 0 Å². The van der Waals surface area contributed by atoms with Gasteiger partial charge in [0.05, 0.1) is 6.42 Å². The maximum Gasteiger partial charge on any atom is 2.00 e. The zero-order valence-corrected chi connectivity index (χ0v) is 14.1. The number of rotatable bonds is 4. The number of Topliss-reactive ketones (excluding diaryl/α,β-unsaturated/α-hetero) is 2. The smallest absolute Gasteiger partial charge is 1.00 e. The molecule has 0 amide bonds. The number of hydrogen-bond donors (Lipinski definition) is 1. The fraction of sp³-hybridized carbons (Fsp3) is 0.727. The molecule has 0 aromatic rings. The molecule has 0 aliphatic heterocycles. The molecular formula is C11H20O4Sr. The Morgan fingerprint density at radius 1 is 1.00 bits per heavy atom. The number of carboxylic acid groups (broad SMARTS) is 1. The zero-order valence-electron chi connectivity index (χ0n) is 12.6. The summed E-state index contributed by atoms with van der Waals surface area (Å²) in [6.45, 7) is 7.74. The molecule has 0 heterocycles. The predicted molar refractivity (Wildman–Crippen MR) is 63.5 cm³/mol. The normalized spacial score (nSPS) is 11.6. The van der Waals surface area contributed by atoms with Crippen LogP contribution < -0.4 is 0 Å². The van der Waals surface area contributed by atoms with Gasteiger partial charge in [0.25, 0.3) is 0 Å². The fourth-order valence-corrected chi connectivity index (χ4v) is 0.751. The van der Waals surface area contributed by atoms with Crippen molar-refractivity contribution in [3.8, 4) is 0 Å². The van der Waals surface area contributed by atoms with E-state index in [0.717, 1.165) is 0 Å². The minimum Gasteiger partial charge on any atom is -1.00 e. The molecule has 0 unspecified atom stereocenters. The first-order chi connectivity index (χ1) is 6.49. The van der Waals surface area contributed by atoms with Gasteiger partial charge in [0.15, 0.2) is 5.78 Å². The number of carbonyl (C=O) groups excluding carboxylic acids is 2. The van der Waals surface area contributed by atoms with Gasteiger partial charge in [0.2, 0.25) is 0 Å². The van der Waals surface area contributed by atoms with Crippen LogP contribution in [0.15, 0.2) is 0 Å². The van der Waals surface area contributed by atoms with Crippen LogP contribution in [0.4, 0.5) is 0 Å². The fourth-order valence-electron chi connectivity index (χ4n) is 0.751. The molecule has 0 saturated heterocycles. The van der Waals surface area contributed by atoms with Crippen molar-refractivity contribution in [2.24, 2.45) is 10.8 Å². The van der Waals surface area contributed by atoms with E-state index in [0.29, 0.717) is 0 Å². The number of aliphatic carboxylic acids is 1. The summed E-state index contributed by atoms with van der Waals surface area (Å²) < 4.78 is 0. The standard InChI is InChI=1S/C11H18O4.Sr.2H/c1-10(2,3)7(12)6-8(13)11(4,5)9(14)15;;;/h6H2,1-5H3,(H,14,15);;;/q;+2;2*-1. The average molecular weight is 304 g/mol. The average Bonchev–Trinajstić information content (AvgIpc) is 2.01. The van der Waals surface area contributed by atoms with Crippen molar-refractivity contribution in [1.82, 2.24) is 0 Å². The Balaban J connectivity index is -0.000000327. The molecule has 0 aromatic carbocycles. The number of hydrogen-bond acceptors (Lipinski definition) is 3. The van der Waals surface area contributed by atoms with E-state index < -0.39 is 22.6 Å². The number of carboxylic acids is 1. The van der Waals surface area contributed by atoms with Crippen molar-refractivity contribution >= 4 is 63.0 Å². The maximum atomic E-state index is 11.6. The van der Waals surface area contributed by atoms with Crippen molar-refractivity contribution in [3.63, 3.8) is 0 Å². The Bertz CT molecular complexity index is 309. The van der Waals surface area contributed by atoms with Gasteiger partial charge in [-0.1, -0.05) is 20.8 Å². The summed E-state index contributed by atoms with van der Waals surface area (Å²) in [5, 5.41) is 8.80. The van der Waals surface area contributed by atoms with E-state index in [4.69, 9.17) is 5.11 Å². The molecule has 0 saturated carbocycles. The molecule has 0 spiro atoms. The molecule has 0 aliphatic rings. The molecule has 4 nitrogen and oxygen atoms in total. The Labute approximate surface area is 136 Å². The second-order valence-corrected chi connectivity index (χ2v) is 5.20. The van der Waals surface area contributed by atoms with Gasteiger partial charge in [-0.2, -0.15) is 0 Å². The van der Waals surface area contributed by atoms with Crippen molar-refractivity contribution in [2.45, 2.75) is 41.0 Å². The quantitative estimate of drug-likeness (QED) is 0.631. The van der Waals surface area contributed by atoms with Gasteiger partial charge in [-0.25, -0.2) is 0 Å². The van der Waals surface area contributed by atoms with Gasteiger partial charge in [-0.3, -0.25) is 14.4 Å². The summed E-state index contributed by atoms with van der Waals surface area (Å²) in [4.78, 5) is 33.9. The second kappa shape index (κ2) is 6.28. The van der Waals surface area contributed by atoms with Crippen molar-refractivity contribution in [1.29, 1.82) is 0 Å². The topological polar surface area (TPSA) is 71.4 Å². The first-order valence-corrected chi connectivity index (χ1v) is 4.79. The summed E-state index contributed by atoms with van der Waals surface area (Å²) in [6, 6.07) is 0. The SMILES string of the molecule is CC(C)(C)C(=O)CC(=O)C(C)(C)C(=O)O.[H-].[H-].[Sr+2]. The minimum atomic E-state index is -1.49. The molecule has 0 rings (SSSR count).